The number of nitrogens with one attached hydrogen (secondary N) is 2. The molecule has 0 unspecified atom stereocenters. The number of aromatic nitrogens is 1. The molecule has 6 nitrogen and oxygen atoms in total. The zero-order valence-corrected chi connectivity index (χ0v) is 15.1. The second-order valence-electron chi connectivity index (χ2n) is 6.01. The van der Waals surface area contributed by atoms with Crippen LogP contribution in [-0.2, 0) is 4.79 Å². The van der Waals surface area contributed by atoms with Crippen LogP contribution < -0.4 is 15.4 Å². The van der Waals surface area contributed by atoms with Gasteiger partial charge in [0.2, 0.25) is 5.91 Å². The van der Waals surface area contributed by atoms with Crippen LogP contribution in [0.5, 0.6) is 5.75 Å². The van der Waals surface area contributed by atoms with E-state index in [1.165, 1.54) is 25.1 Å². The number of benzene rings is 2. The van der Waals surface area contributed by atoms with E-state index >= 15 is 0 Å². The van der Waals surface area contributed by atoms with Crippen molar-refractivity contribution in [3.05, 3.63) is 59.5 Å². The summed E-state index contributed by atoms with van der Waals surface area (Å²) in [5.74, 6) is -0.706. The highest BCUT2D eigenvalue weighted by Crippen LogP contribution is 2.24. The Kier molecular flexibility index (Phi) is 5.03. The number of halogens is 1. The molecule has 3 aromatic rings. The van der Waals surface area contributed by atoms with Crippen molar-refractivity contribution >= 4 is 34.1 Å². The van der Waals surface area contributed by atoms with Crippen LogP contribution in [-0.4, -0.2) is 23.9 Å². The molecule has 7 heteroatoms. The van der Waals surface area contributed by atoms with Gasteiger partial charge >= 0.3 is 0 Å². The summed E-state index contributed by atoms with van der Waals surface area (Å²) < 4.78 is 19.0. The Morgan fingerprint density at radius 2 is 1.85 bits per heavy atom. The van der Waals surface area contributed by atoms with E-state index in [-0.39, 0.29) is 11.6 Å². The summed E-state index contributed by atoms with van der Waals surface area (Å²) >= 11 is 0. The Morgan fingerprint density at radius 1 is 1.07 bits per heavy atom. The van der Waals surface area contributed by atoms with Gasteiger partial charge in [0.05, 0.1) is 29.6 Å². The number of nitrogens with zero attached hydrogens (tertiary/aromatic N) is 1. The normalized spacial score (nSPS) is 10.5. The lowest BCUT2D eigenvalue weighted by Crippen LogP contribution is -2.15. The number of fused-ring (bicyclic) bond motifs is 1. The quantitative estimate of drug-likeness (QED) is 0.733. The number of anilines is 2. The van der Waals surface area contributed by atoms with Gasteiger partial charge in [-0.25, -0.2) is 4.39 Å². The second-order valence-corrected chi connectivity index (χ2v) is 6.01. The fraction of sp³-hybridized carbons (Fsp3) is 0.150. The van der Waals surface area contributed by atoms with Gasteiger partial charge in [-0.3, -0.25) is 14.6 Å². The summed E-state index contributed by atoms with van der Waals surface area (Å²) in [7, 11) is 1.57. The number of ether oxygens (including phenoxy) is 1. The largest absolute Gasteiger partial charge is 0.497 e. The average Bonchev–Trinajstić information content (AvgIpc) is 2.63. The zero-order valence-electron chi connectivity index (χ0n) is 15.1. The summed E-state index contributed by atoms with van der Waals surface area (Å²) in [6.07, 6.45) is 0. The third kappa shape index (κ3) is 4.03. The van der Waals surface area contributed by atoms with Gasteiger partial charge in [0.15, 0.2) is 0 Å². The Labute approximate surface area is 155 Å². The number of carbonyl (C=O) groups is 2. The van der Waals surface area contributed by atoms with Crippen LogP contribution in [0.15, 0.2) is 42.5 Å². The molecule has 2 amide bonds. The number of hydrogen-bond acceptors (Lipinski definition) is 4. The topological polar surface area (TPSA) is 80.3 Å². The third-order valence-corrected chi connectivity index (χ3v) is 3.99. The molecule has 0 bridgehead atoms. The van der Waals surface area contributed by atoms with E-state index in [0.717, 1.165) is 10.9 Å². The lowest BCUT2D eigenvalue weighted by Gasteiger charge is -2.11. The molecule has 0 spiro atoms. The van der Waals surface area contributed by atoms with Gasteiger partial charge in [0, 0.05) is 18.0 Å². The van der Waals surface area contributed by atoms with Crippen LogP contribution >= 0.6 is 0 Å². The third-order valence-electron chi connectivity index (χ3n) is 3.99. The molecule has 0 radical (unpaired) electrons. The number of hydrogen-bond donors (Lipinski definition) is 2. The maximum atomic E-state index is 13.8. The van der Waals surface area contributed by atoms with Gasteiger partial charge in [0.1, 0.15) is 11.6 Å². The maximum absolute atomic E-state index is 13.8. The van der Waals surface area contributed by atoms with Crippen LogP contribution in [0.2, 0.25) is 0 Å². The number of amides is 2. The van der Waals surface area contributed by atoms with Crippen LogP contribution in [0, 0.1) is 12.7 Å². The first-order chi connectivity index (χ1) is 12.9. The van der Waals surface area contributed by atoms with Crippen molar-refractivity contribution in [1.29, 1.82) is 0 Å². The Balaban J connectivity index is 1.92. The Morgan fingerprint density at radius 3 is 2.56 bits per heavy atom. The lowest BCUT2D eigenvalue weighted by molar-refractivity contribution is -0.114. The number of methoxy groups -OCH3 is 1. The fourth-order valence-electron chi connectivity index (χ4n) is 2.69. The minimum absolute atomic E-state index is 0.00149. The van der Waals surface area contributed by atoms with Crippen LogP contribution in [0.4, 0.5) is 15.8 Å². The highest BCUT2D eigenvalue weighted by atomic mass is 19.1. The molecule has 0 aliphatic rings. The molecule has 0 fully saturated rings. The number of carbonyl (C=O) groups excluding carboxylic acids is 2. The van der Waals surface area contributed by atoms with Gasteiger partial charge in [-0.05, 0) is 49.4 Å². The Bertz CT molecular complexity index is 1050. The van der Waals surface area contributed by atoms with Crippen molar-refractivity contribution in [2.24, 2.45) is 0 Å². The van der Waals surface area contributed by atoms with Crippen molar-refractivity contribution in [2.45, 2.75) is 13.8 Å². The molecule has 1 heterocycles. The first kappa shape index (κ1) is 18.3. The maximum Gasteiger partial charge on any atom is 0.257 e. The molecule has 2 N–H and O–H groups in total. The fourth-order valence-corrected chi connectivity index (χ4v) is 2.69. The van der Waals surface area contributed by atoms with Gasteiger partial charge in [-0.2, -0.15) is 0 Å². The summed E-state index contributed by atoms with van der Waals surface area (Å²) in [5, 5.41) is 5.86. The molecule has 0 aliphatic carbocycles. The molecule has 3 rings (SSSR count). The molecule has 2 aromatic carbocycles. The highest BCUT2D eigenvalue weighted by molar-refractivity contribution is 6.07. The minimum atomic E-state index is -0.584. The van der Waals surface area contributed by atoms with Gasteiger partial charge in [-0.1, -0.05) is 0 Å². The van der Waals surface area contributed by atoms with Crippen LogP contribution in [0.3, 0.4) is 0 Å². The standard InChI is InChI=1S/C20H18FN3O3/c1-11-16(9-13-8-15(27-3)5-7-18(13)22-11)20(26)24-14-4-6-17(21)19(10-14)23-12(2)25/h4-10H,1-3H3,(H,23,25)(H,24,26). The van der Waals surface area contributed by atoms with Crippen molar-refractivity contribution in [3.8, 4) is 5.75 Å². The minimum Gasteiger partial charge on any atom is -0.497 e. The first-order valence-electron chi connectivity index (χ1n) is 8.21. The predicted molar refractivity (Wildman–Crippen MR) is 102 cm³/mol. The lowest BCUT2D eigenvalue weighted by atomic mass is 10.1. The van der Waals surface area contributed by atoms with E-state index in [1.54, 1.807) is 32.2 Å². The Hall–Kier alpha value is -3.48. The number of aryl methyl sites for hydroxylation is 1. The van der Waals surface area contributed by atoms with Crippen molar-refractivity contribution in [3.63, 3.8) is 0 Å². The average molecular weight is 367 g/mol. The van der Waals surface area contributed by atoms with E-state index < -0.39 is 11.7 Å². The SMILES string of the molecule is COc1ccc2nc(C)c(C(=O)Nc3ccc(F)c(NC(C)=O)c3)cc2c1. The van der Waals surface area contributed by atoms with Gasteiger partial charge < -0.3 is 15.4 Å². The van der Waals surface area contributed by atoms with E-state index in [9.17, 15) is 14.0 Å². The highest BCUT2D eigenvalue weighted by Gasteiger charge is 2.14. The molecule has 27 heavy (non-hydrogen) atoms. The van der Waals surface area contributed by atoms with Crippen LogP contribution in [0.25, 0.3) is 10.9 Å². The van der Waals surface area contributed by atoms with Gasteiger partial charge in [0.25, 0.3) is 5.91 Å². The molecule has 0 saturated carbocycles. The van der Waals surface area contributed by atoms with Gasteiger partial charge in [-0.15, -0.1) is 0 Å². The first-order valence-corrected chi connectivity index (χ1v) is 8.21. The van der Waals surface area contributed by atoms with E-state index in [1.807, 2.05) is 6.07 Å². The molecule has 138 valence electrons. The molecule has 0 saturated heterocycles. The monoisotopic (exact) mass is 367 g/mol. The predicted octanol–water partition coefficient (Wildman–Crippen LogP) is 3.90. The molecule has 0 atom stereocenters. The van der Waals surface area contributed by atoms with E-state index in [0.29, 0.717) is 22.7 Å². The summed E-state index contributed by atoms with van der Waals surface area (Å²) in [5.41, 5.74) is 2.06. The number of rotatable bonds is 4. The van der Waals surface area contributed by atoms with E-state index in [2.05, 4.69) is 15.6 Å². The number of pyridine rings is 1. The van der Waals surface area contributed by atoms with E-state index in [4.69, 9.17) is 4.74 Å². The second kappa shape index (κ2) is 7.41. The summed E-state index contributed by atoms with van der Waals surface area (Å²) in [4.78, 5) is 28.3. The molecule has 1 aromatic heterocycles. The van der Waals surface area contributed by atoms with Crippen molar-refractivity contribution in [2.75, 3.05) is 17.7 Å². The van der Waals surface area contributed by atoms with Crippen LogP contribution in [0.1, 0.15) is 23.0 Å². The van der Waals surface area contributed by atoms with Crippen molar-refractivity contribution < 1.29 is 18.7 Å². The summed E-state index contributed by atoms with van der Waals surface area (Å²) in [6.45, 7) is 3.02. The smallest absolute Gasteiger partial charge is 0.257 e. The molecule has 0 aliphatic heterocycles. The zero-order chi connectivity index (χ0) is 19.6. The summed E-state index contributed by atoms with van der Waals surface area (Å²) in [6, 6.07) is 11.1. The molecular weight excluding hydrogens is 349 g/mol. The van der Waals surface area contributed by atoms with Crippen molar-refractivity contribution in [1.82, 2.24) is 4.98 Å². The molecular formula is C20H18FN3O3.